The summed E-state index contributed by atoms with van der Waals surface area (Å²) < 4.78 is 20.1. The summed E-state index contributed by atoms with van der Waals surface area (Å²) in [7, 11) is 1.18. The van der Waals surface area contributed by atoms with E-state index in [4.69, 9.17) is 14.2 Å². The summed E-state index contributed by atoms with van der Waals surface area (Å²) in [5.74, 6) is -2.44. The van der Waals surface area contributed by atoms with E-state index < -0.39 is 71.8 Å². The normalized spacial score (nSPS) is 13.4. The first kappa shape index (κ1) is 35.7. The Labute approximate surface area is 245 Å². The largest absolute Gasteiger partial charge is 0.514 e. The van der Waals surface area contributed by atoms with Gasteiger partial charge >= 0.3 is 18.2 Å². The third-order valence-electron chi connectivity index (χ3n) is 5.07. The van der Waals surface area contributed by atoms with E-state index >= 15 is 0 Å². The molecule has 0 radical (unpaired) electrons. The summed E-state index contributed by atoms with van der Waals surface area (Å²) in [6.07, 6.45) is -1.72. The molecule has 3 atom stereocenters. The molecule has 0 saturated heterocycles. The summed E-state index contributed by atoms with van der Waals surface area (Å²) in [5, 5.41) is 9.74. The average Bonchev–Trinajstić information content (AvgIpc) is 2.84. The Bertz CT molecular complexity index is 1120. The minimum absolute atomic E-state index is 0.0000443. The molecular weight excluding hydrogens is 552 g/mol. The highest BCUT2D eigenvalue weighted by molar-refractivity contribution is 5.93. The van der Waals surface area contributed by atoms with Crippen LogP contribution in [0.25, 0.3) is 0 Å². The van der Waals surface area contributed by atoms with Crippen LogP contribution in [-0.4, -0.2) is 78.9 Å². The number of rotatable bonds is 11. The smallest absolute Gasteiger partial charge is 0.467 e. The van der Waals surface area contributed by atoms with Gasteiger partial charge in [0.2, 0.25) is 17.7 Å². The number of ether oxygens (including phenoxy) is 4. The standard InChI is InChI=1S/C28H42N4O10/c1-16(22(34)29-15-21(33)30-17(2)24(36)39-9)31-23(35)20(32-25(37)41-27(3,4)5)14-18-10-12-19(13-11-18)40-26(38)42-28(6,7)8/h10-13,16-17,20H,14-15H2,1-9H3,(H,29,34)(H,30,33)(H,31,35)(H,32,37)/t16-,17?,20?/m0/s1. The molecule has 0 fully saturated rings. The molecule has 0 saturated carbocycles. The number of amides is 4. The van der Waals surface area contributed by atoms with Crippen molar-refractivity contribution in [3.63, 3.8) is 0 Å². The lowest BCUT2D eigenvalue weighted by molar-refractivity contribution is -0.144. The second kappa shape index (κ2) is 15.6. The summed E-state index contributed by atoms with van der Waals surface area (Å²) in [4.78, 5) is 73.4. The second-order valence-electron chi connectivity index (χ2n) is 11.4. The fourth-order valence-electron chi connectivity index (χ4n) is 3.18. The molecule has 4 N–H and O–H groups in total. The van der Waals surface area contributed by atoms with E-state index in [2.05, 4.69) is 26.0 Å². The van der Waals surface area contributed by atoms with Gasteiger partial charge in [0, 0.05) is 6.42 Å². The maximum Gasteiger partial charge on any atom is 0.514 e. The maximum absolute atomic E-state index is 13.1. The first-order chi connectivity index (χ1) is 19.3. The predicted octanol–water partition coefficient (Wildman–Crippen LogP) is 1.73. The molecule has 0 spiro atoms. The quantitative estimate of drug-likeness (QED) is 0.167. The first-order valence-corrected chi connectivity index (χ1v) is 13.2. The Morgan fingerprint density at radius 1 is 0.762 bits per heavy atom. The van der Waals surface area contributed by atoms with E-state index in [1.165, 1.54) is 33.1 Å². The van der Waals surface area contributed by atoms with Gasteiger partial charge < -0.3 is 40.2 Å². The van der Waals surface area contributed by atoms with Crippen molar-refractivity contribution in [1.29, 1.82) is 0 Å². The number of nitrogens with one attached hydrogen (secondary N) is 4. The third kappa shape index (κ3) is 14.3. The van der Waals surface area contributed by atoms with Crippen molar-refractivity contribution in [3.05, 3.63) is 29.8 Å². The Hall–Kier alpha value is -4.36. The van der Waals surface area contributed by atoms with Gasteiger partial charge in [-0.3, -0.25) is 14.4 Å². The van der Waals surface area contributed by atoms with Crippen molar-refractivity contribution in [2.75, 3.05) is 13.7 Å². The van der Waals surface area contributed by atoms with Crippen LogP contribution in [0.4, 0.5) is 9.59 Å². The van der Waals surface area contributed by atoms with Crippen LogP contribution in [0.5, 0.6) is 5.75 Å². The van der Waals surface area contributed by atoms with Gasteiger partial charge in [-0.2, -0.15) is 0 Å². The molecule has 1 rings (SSSR count). The minimum atomic E-state index is -1.16. The van der Waals surface area contributed by atoms with E-state index in [0.29, 0.717) is 5.56 Å². The van der Waals surface area contributed by atoms with Gasteiger partial charge in [0.15, 0.2) is 0 Å². The SMILES string of the molecule is COC(=O)C(C)NC(=O)CNC(=O)[C@H](C)NC(=O)C(Cc1ccc(OC(=O)OC(C)(C)C)cc1)NC(=O)OC(C)(C)C. The van der Waals surface area contributed by atoms with Crippen LogP contribution in [0.2, 0.25) is 0 Å². The molecule has 4 amide bonds. The molecular formula is C28H42N4O10. The molecule has 42 heavy (non-hydrogen) atoms. The first-order valence-electron chi connectivity index (χ1n) is 13.2. The van der Waals surface area contributed by atoms with Gasteiger partial charge in [-0.25, -0.2) is 14.4 Å². The summed E-state index contributed by atoms with van der Waals surface area (Å²) in [6.45, 7) is 12.5. The molecule has 0 heterocycles. The van der Waals surface area contributed by atoms with Gasteiger partial charge in [-0.1, -0.05) is 12.1 Å². The number of carbonyl (C=O) groups is 6. The summed E-state index contributed by atoms with van der Waals surface area (Å²) in [5.41, 5.74) is -0.962. The number of benzene rings is 1. The number of carbonyl (C=O) groups excluding carboxylic acids is 6. The van der Waals surface area contributed by atoms with Crippen molar-refractivity contribution < 1.29 is 47.7 Å². The van der Waals surface area contributed by atoms with Gasteiger partial charge in [0.25, 0.3) is 0 Å². The van der Waals surface area contributed by atoms with Crippen LogP contribution < -0.4 is 26.0 Å². The predicted molar refractivity (Wildman–Crippen MR) is 150 cm³/mol. The zero-order valence-electron chi connectivity index (χ0n) is 25.5. The topological polar surface area (TPSA) is 187 Å². The molecule has 1 aromatic carbocycles. The monoisotopic (exact) mass is 594 g/mol. The van der Waals surface area contributed by atoms with Gasteiger partial charge in [-0.15, -0.1) is 0 Å². The molecule has 2 unspecified atom stereocenters. The van der Waals surface area contributed by atoms with Crippen molar-refractivity contribution in [1.82, 2.24) is 21.3 Å². The number of hydrogen-bond donors (Lipinski definition) is 4. The maximum atomic E-state index is 13.1. The summed E-state index contributed by atoms with van der Waals surface area (Å²) >= 11 is 0. The average molecular weight is 595 g/mol. The Kier molecular flexibility index (Phi) is 13.2. The van der Waals surface area contributed by atoms with Crippen molar-refractivity contribution in [2.45, 2.75) is 91.1 Å². The highest BCUT2D eigenvalue weighted by atomic mass is 16.7. The third-order valence-corrected chi connectivity index (χ3v) is 5.07. The van der Waals surface area contributed by atoms with Gasteiger partial charge in [0.1, 0.15) is 35.1 Å². The van der Waals surface area contributed by atoms with Crippen LogP contribution in [-0.2, 0) is 39.8 Å². The van der Waals surface area contributed by atoms with E-state index in [1.807, 2.05) is 0 Å². The van der Waals surface area contributed by atoms with Crippen LogP contribution in [0.15, 0.2) is 24.3 Å². The molecule has 1 aromatic rings. The zero-order valence-corrected chi connectivity index (χ0v) is 25.5. The van der Waals surface area contributed by atoms with E-state index in [-0.39, 0.29) is 12.2 Å². The van der Waals surface area contributed by atoms with Gasteiger partial charge in [0.05, 0.1) is 13.7 Å². The molecule has 0 aromatic heterocycles. The number of alkyl carbamates (subject to hydrolysis) is 1. The lowest BCUT2D eigenvalue weighted by atomic mass is 10.0. The highest BCUT2D eigenvalue weighted by Gasteiger charge is 2.28. The molecule has 14 heteroatoms. The van der Waals surface area contributed by atoms with E-state index in [0.717, 1.165) is 0 Å². The number of hydrogen-bond acceptors (Lipinski definition) is 10. The van der Waals surface area contributed by atoms with E-state index in [1.54, 1.807) is 53.7 Å². The second-order valence-corrected chi connectivity index (χ2v) is 11.4. The lowest BCUT2D eigenvalue weighted by Gasteiger charge is -2.24. The van der Waals surface area contributed by atoms with Crippen LogP contribution in [0.3, 0.4) is 0 Å². The summed E-state index contributed by atoms with van der Waals surface area (Å²) in [6, 6.07) is 3.05. The fraction of sp³-hybridized carbons (Fsp3) is 0.571. The molecule has 0 aliphatic heterocycles. The van der Waals surface area contributed by atoms with Crippen molar-refractivity contribution in [2.24, 2.45) is 0 Å². The van der Waals surface area contributed by atoms with Gasteiger partial charge in [-0.05, 0) is 73.1 Å². The van der Waals surface area contributed by atoms with Crippen molar-refractivity contribution in [3.8, 4) is 5.75 Å². The van der Waals surface area contributed by atoms with Crippen molar-refractivity contribution >= 4 is 35.9 Å². The Balaban J connectivity index is 2.88. The Morgan fingerprint density at radius 3 is 1.86 bits per heavy atom. The van der Waals surface area contributed by atoms with Crippen LogP contribution >= 0.6 is 0 Å². The Morgan fingerprint density at radius 2 is 1.33 bits per heavy atom. The minimum Gasteiger partial charge on any atom is -0.467 e. The molecule has 14 nitrogen and oxygen atoms in total. The van der Waals surface area contributed by atoms with E-state index in [9.17, 15) is 28.8 Å². The number of methoxy groups -OCH3 is 1. The lowest BCUT2D eigenvalue weighted by Crippen LogP contribution is -2.54. The fourth-order valence-corrected chi connectivity index (χ4v) is 3.18. The van der Waals surface area contributed by atoms with Crippen LogP contribution in [0.1, 0.15) is 61.0 Å². The van der Waals surface area contributed by atoms with Crippen LogP contribution in [0, 0.1) is 0 Å². The molecule has 0 aliphatic carbocycles. The molecule has 0 aliphatic rings. The zero-order chi connectivity index (χ0) is 32.3. The molecule has 0 bridgehead atoms. The number of esters is 1. The molecule has 234 valence electrons. The highest BCUT2D eigenvalue weighted by Crippen LogP contribution is 2.17.